The Hall–Kier alpha value is -1.65. The van der Waals surface area contributed by atoms with Crippen LogP contribution in [-0.4, -0.2) is 67.1 Å². The Kier molecular flexibility index (Phi) is 7.69. The van der Waals surface area contributed by atoms with E-state index in [0.717, 1.165) is 12.1 Å². The van der Waals surface area contributed by atoms with Crippen LogP contribution in [0.25, 0.3) is 0 Å². The first-order valence-corrected chi connectivity index (χ1v) is 11.1. The second kappa shape index (κ2) is 9.44. The second-order valence-corrected chi connectivity index (χ2v) is 9.03. The predicted molar refractivity (Wildman–Crippen MR) is 104 cm³/mol. The zero-order valence-electron chi connectivity index (χ0n) is 16.9. The summed E-state index contributed by atoms with van der Waals surface area (Å²) in [5.41, 5.74) is -0.0561. The summed E-state index contributed by atoms with van der Waals surface area (Å²) in [6.07, 6.45) is -4.23. The van der Waals surface area contributed by atoms with E-state index in [4.69, 9.17) is 0 Å². The van der Waals surface area contributed by atoms with Crippen LogP contribution in [0.4, 0.5) is 13.2 Å². The molecule has 0 aromatic heterocycles. The number of halogens is 3. The maximum atomic E-state index is 12.7. The smallest absolute Gasteiger partial charge is 0.340 e. The van der Waals surface area contributed by atoms with Crippen molar-refractivity contribution in [2.45, 2.75) is 39.3 Å². The standard InChI is InChI=1S/C19H28F3N3O3S/c1-4-24(5-2)29(27,28)25-12-10-23(11-13-25)18(26)14-15(3)16-6-8-17(9-7-16)19(20,21)22/h6-9,15H,4-5,10-14H2,1-3H3. The van der Waals surface area contributed by atoms with E-state index < -0.39 is 21.9 Å². The van der Waals surface area contributed by atoms with Crippen molar-refractivity contribution in [3.8, 4) is 0 Å². The van der Waals surface area contributed by atoms with E-state index in [9.17, 15) is 26.4 Å². The summed E-state index contributed by atoms with van der Waals surface area (Å²) >= 11 is 0. The van der Waals surface area contributed by atoms with Crippen LogP contribution in [0.15, 0.2) is 24.3 Å². The van der Waals surface area contributed by atoms with Crippen LogP contribution in [0.1, 0.15) is 44.2 Å². The Morgan fingerprint density at radius 3 is 2.03 bits per heavy atom. The zero-order chi connectivity index (χ0) is 21.8. The molecule has 1 amide bonds. The van der Waals surface area contributed by atoms with Gasteiger partial charge in [0.2, 0.25) is 5.91 Å². The summed E-state index contributed by atoms with van der Waals surface area (Å²) in [5, 5.41) is 0. The van der Waals surface area contributed by atoms with Crippen molar-refractivity contribution in [1.82, 2.24) is 13.5 Å². The van der Waals surface area contributed by atoms with Crippen LogP contribution in [0, 0.1) is 0 Å². The van der Waals surface area contributed by atoms with Crippen molar-refractivity contribution in [3.63, 3.8) is 0 Å². The number of rotatable bonds is 7. The number of benzene rings is 1. The van der Waals surface area contributed by atoms with Crippen molar-refractivity contribution in [2.75, 3.05) is 39.3 Å². The summed E-state index contributed by atoms with van der Waals surface area (Å²) in [4.78, 5) is 14.2. The minimum absolute atomic E-state index is 0.128. The maximum absolute atomic E-state index is 12.7. The van der Waals surface area contributed by atoms with Crippen LogP contribution in [0.2, 0.25) is 0 Å². The fourth-order valence-corrected chi connectivity index (χ4v) is 4.99. The fraction of sp³-hybridized carbons (Fsp3) is 0.632. The van der Waals surface area contributed by atoms with E-state index in [0.29, 0.717) is 31.7 Å². The highest BCUT2D eigenvalue weighted by Gasteiger charge is 2.33. The van der Waals surface area contributed by atoms with Crippen LogP contribution < -0.4 is 0 Å². The summed E-state index contributed by atoms with van der Waals surface area (Å²) in [6, 6.07) is 4.84. The average molecular weight is 436 g/mol. The Morgan fingerprint density at radius 2 is 1.59 bits per heavy atom. The van der Waals surface area contributed by atoms with Crippen molar-refractivity contribution in [1.29, 1.82) is 0 Å². The van der Waals surface area contributed by atoms with E-state index in [2.05, 4.69) is 0 Å². The fourth-order valence-electron chi connectivity index (χ4n) is 3.39. The van der Waals surface area contributed by atoms with E-state index in [1.807, 2.05) is 0 Å². The number of hydrogen-bond donors (Lipinski definition) is 0. The summed E-state index contributed by atoms with van der Waals surface area (Å²) < 4.78 is 65.9. The Morgan fingerprint density at radius 1 is 1.07 bits per heavy atom. The molecule has 1 aromatic carbocycles. The first-order valence-electron chi connectivity index (χ1n) is 9.70. The summed E-state index contributed by atoms with van der Waals surface area (Å²) in [6.45, 7) is 7.22. The lowest BCUT2D eigenvalue weighted by molar-refractivity contribution is -0.137. The lowest BCUT2D eigenvalue weighted by atomic mass is 9.96. The van der Waals surface area contributed by atoms with Gasteiger partial charge in [0.25, 0.3) is 10.2 Å². The van der Waals surface area contributed by atoms with Gasteiger partial charge in [0.05, 0.1) is 5.56 Å². The van der Waals surface area contributed by atoms with Gasteiger partial charge in [-0.15, -0.1) is 0 Å². The van der Waals surface area contributed by atoms with E-state index in [1.54, 1.807) is 25.7 Å². The third-order valence-corrected chi connectivity index (χ3v) is 7.42. The Labute approximate surface area is 170 Å². The highest BCUT2D eigenvalue weighted by molar-refractivity contribution is 7.86. The number of hydrogen-bond acceptors (Lipinski definition) is 3. The van der Waals surface area contributed by atoms with Gasteiger partial charge >= 0.3 is 6.18 Å². The molecule has 1 saturated heterocycles. The molecule has 0 radical (unpaired) electrons. The van der Waals surface area contributed by atoms with Crippen molar-refractivity contribution < 1.29 is 26.4 Å². The molecule has 164 valence electrons. The molecule has 0 N–H and O–H groups in total. The van der Waals surface area contributed by atoms with Crippen LogP contribution in [0.3, 0.4) is 0 Å². The van der Waals surface area contributed by atoms with Gasteiger partial charge < -0.3 is 4.90 Å². The molecule has 0 spiro atoms. The minimum Gasteiger partial charge on any atom is -0.340 e. The molecule has 1 aromatic rings. The average Bonchev–Trinajstić information content (AvgIpc) is 2.68. The molecule has 1 atom stereocenters. The summed E-state index contributed by atoms with van der Waals surface area (Å²) in [5.74, 6) is -0.362. The lowest BCUT2D eigenvalue weighted by Gasteiger charge is -2.36. The quantitative estimate of drug-likeness (QED) is 0.662. The van der Waals surface area contributed by atoms with Crippen LogP contribution in [0.5, 0.6) is 0 Å². The molecule has 1 unspecified atom stereocenters. The molecular formula is C19H28F3N3O3S. The number of carbonyl (C=O) groups excluding carboxylic acids is 1. The van der Waals surface area contributed by atoms with Gasteiger partial charge in [0.15, 0.2) is 0 Å². The lowest BCUT2D eigenvalue weighted by Crippen LogP contribution is -2.54. The molecule has 10 heteroatoms. The predicted octanol–water partition coefficient (Wildman–Crippen LogP) is 2.93. The molecule has 29 heavy (non-hydrogen) atoms. The van der Waals surface area contributed by atoms with Gasteiger partial charge in [-0.05, 0) is 23.6 Å². The van der Waals surface area contributed by atoms with E-state index in [1.165, 1.54) is 20.7 Å². The molecule has 1 heterocycles. The van der Waals surface area contributed by atoms with Gasteiger partial charge in [-0.1, -0.05) is 32.9 Å². The molecular weight excluding hydrogens is 407 g/mol. The van der Waals surface area contributed by atoms with Gasteiger partial charge in [0.1, 0.15) is 0 Å². The number of alkyl halides is 3. The van der Waals surface area contributed by atoms with Crippen molar-refractivity contribution >= 4 is 16.1 Å². The molecule has 1 aliphatic rings. The molecule has 1 aliphatic heterocycles. The SMILES string of the molecule is CCN(CC)S(=O)(=O)N1CCN(C(=O)CC(C)c2ccc(C(F)(F)F)cc2)CC1. The molecule has 0 saturated carbocycles. The number of nitrogens with zero attached hydrogens (tertiary/aromatic N) is 3. The monoisotopic (exact) mass is 435 g/mol. The molecule has 0 bridgehead atoms. The Bertz CT molecular complexity index is 785. The van der Waals surface area contributed by atoms with Gasteiger partial charge in [-0.25, -0.2) is 0 Å². The minimum atomic E-state index is -4.39. The first kappa shape index (κ1) is 23.6. The maximum Gasteiger partial charge on any atom is 0.416 e. The molecule has 0 aliphatic carbocycles. The highest BCUT2D eigenvalue weighted by atomic mass is 32.2. The van der Waals surface area contributed by atoms with E-state index in [-0.39, 0.29) is 31.3 Å². The molecule has 6 nitrogen and oxygen atoms in total. The topological polar surface area (TPSA) is 60.9 Å². The number of carbonyl (C=O) groups is 1. The molecule has 2 rings (SSSR count). The number of piperazine rings is 1. The van der Waals surface area contributed by atoms with Gasteiger partial charge in [0, 0.05) is 45.7 Å². The van der Waals surface area contributed by atoms with Crippen molar-refractivity contribution in [3.05, 3.63) is 35.4 Å². The third kappa shape index (κ3) is 5.70. The van der Waals surface area contributed by atoms with Gasteiger partial charge in [-0.2, -0.15) is 30.2 Å². The second-order valence-electron chi connectivity index (χ2n) is 7.10. The normalized spacial score (nSPS) is 17.6. The van der Waals surface area contributed by atoms with E-state index >= 15 is 0 Å². The third-order valence-electron chi connectivity index (χ3n) is 5.24. The summed E-state index contributed by atoms with van der Waals surface area (Å²) in [7, 11) is -3.52. The largest absolute Gasteiger partial charge is 0.416 e. The first-order chi connectivity index (χ1) is 13.5. The highest BCUT2D eigenvalue weighted by Crippen LogP contribution is 2.30. The number of amides is 1. The van der Waals surface area contributed by atoms with Crippen molar-refractivity contribution in [2.24, 2.45) is 0 Å². The van der Waals surface area contributed by atoms with Gasteiger partial charge in [-0.3, -0.25) is 4.79 Å². The molecule has 1 fully saturated rings. The Balaban J connectivity index is 1.92. The van der Waals surface area contributed by atoms with Crippen LogP contribution >= 0.6 is 0 Å². The zero-order valence-corrected chi connectivity index (χ0v) is 17.8. The van der Waals surface area contributed by atoms with Crippen LogP contribution in [-0.2, 0) is 21.2 Å².